The van der Waals surface area contributed by atoms with Crippen LogP contribution in [-0.2, 0) is 0 Å². The molecule has 2 N–H and O–H groups in total. The molecule has 2 atom stereocenters. The molecule has 2 aliphatic rings. The fraction of sp³-hybridized carbons (Fsp3) is 0.552. The highest BCUT2D eigenvalue weighted by Crippen LogP contribution is 2.27. The fourth-order valence-corrected chi connectivity index (χ4v) is 5.47. The Bertz CT molecular complexity index is 847. The zero-order chi connectivity index (χ0) is 25.2. The summed E-state index contributed by atoms with van der Waals surface area (Å²) >= 11 is 0. The summed E-state index contributed by atoms with van der Waals surface area (Å²) in [5.41, 5.74) is 2.42. The molecular formula is C29H42N4O3. The van der Waals surface area contributed by atoms with Gasteiger partial charge >= 0.3 is 6.03 Å². The van der Waals surface area contributed by atoms with E-state index < -0.39 is 0 Å². The van der Waals surface area contributed by atoms with E-state index in [1.54, 1.807) is 14.2 Å². The second-order valence-electron chi connectivity index (χ2n) is 9.86. The number of benzene rings is 2. The number of ether oxygens (including phenoxy) is 2. The van der Waals surface area contributed by atoms with Crippen molar-refractivity contribution in [1.82, 2.24) is 20.4 Å². The van der Waals surface area contributed by atoms with E-state index in [9.17, 15) is 4.79 Å². The standard InChI is InChI=1S/C29H42N4O3/c1-35-25-13-9-23(10-14-25)27(32-17-5-3-6-18-32)21-30-29(34)31-22-28(33-19-7-4-8-20-33)24-11-15-26(36-2)16-12-24/h9-16,27-28H,3-8,17-22H2,1-2H3,(H2,30,31,34). The lowest BCUT2D eigenvalue weighted by molar-refractivity contribution is 0.154. The van der Waals surface area contributed by atoms with Crippen molar-refractivity contribution in [2.45, 2.75) is 50.6 Å². The third kappa shape index (κ3) is 7.14. The molecule has 0 aliphatic carbocycles. The number of methoxy groups -OCH3 is 2. The van der Waals surface area contributed by atoms with Gasteiger partial charge in [-0.25, -0.2) is 4.79 Å². The molecule has 0 bridgehead atoms. The van der Waals surface area contributed by atoms with Gasteiger partial charge in [-0.3, -0.25) is 9.80 Å². The summed E-state index contributed by atoms with van der Waals surface area (Å²) < 4.78 is 10.7. The van der Waals surface area contributed by atoms with E-state index in [4.69, 9.17) is 9.47 Å². The van der Waals surface area contributed by atoms with Crippen LogP contribution in [0.5, 0.6) is 11.5 Å². The van der Waals surface area contributed by atoms with E-state index in [-0.39, 0.29) is 18.1 Å². The van der Waals surface area contributed by atoms with Crippen molar-refractivity contribution in [2.24, 2.45) is 0 Å². The lowest BCUT2D eigenvalue weighted by Crippen LogP contribution is -2.46. The summed E-state index contributed by atoms with van der Waals surface area (Å²) in [4.78, 5) is 18.0. The molecule has 7 nitrogen and oxygen atoms in total. The number of hydrogen-bond acceptors (Lipinski definition) is 5. The maximum Gasteiger partial charge on any atom is 0.314 e. The largest absolute Gasteiger partial charge is 0.497 e. The van der Waals surface area contributed by atoms with Gasteiger partial charge in [-0.2, -0.15) is 0 Å². The second kappa shape index (κ2) is 13.5. The SMILES string of the molecule is COc1ccc(C(CNC(=O)NCC(c2ccc(OC)cc2)N2CCCCC2)N2CCCCC2)cc1. The van der Waals surface area contributed by atoms with Crippen molar-refractivity contribution in [2.75, 3.05) is 53.5 Å². The summed E-state index contributed by atoms with van der Waals surface area (Å²) in [5.74, 6) is 1.70. The minimum Gasteiger partial charge on any atom is -0.497 e. The van der Waals surface area contributed by atoms with Crippen molar-refractivity contribution in [3.63, 3.8) is 0 Å². The number of carbonyl (C=O) groups is 1. The minimum atomic E-state index is -0.110. The van der Waals surface area contributed by atoms with Crippen molar-refractivity contribution in [3.05, 3.63) is 59.7 Å². The normalized spacial score (nSPS) is 18.7. The maximum atomic E-state index is 13.0. The number of rotatable bonds is 10. The molecule has 7 heteroatoms. The average molecular weight is 495 g/mol. The summed E-state index contributed by atoms with van der Waals surface area (Å²) in [5, 5.41) is 6.35. The van der Waals surface area contributed by atoms with Crippen LogP contribution in [0.25, 0.3) is 0 Å². The van der Waals surface area contributed by atoms with Crippen LogP contribution in [0.4, 0.5) is 4.79 Å². The number of piperidine rings is 2. The third-order valence-corrected chi connectivity index (χ3v) is 7.58. The van der Waals surface area contributed by atoms with E-state index in [0.717, 1.165) is 37.7 Å². The first kappa shape index (κ1) is 26.3. The van der Waals surface area contributed by atoms with E-state index in [2.05, 4.69) is 44.7 Å². The number of nitrogens with one attached hydrogen (secondary N) is 2. The summed E-state index contributed by atoms with van der Waals surface area (Å²) in [6.45, 7) is 5.41. The molecule has 0 spiro atoms. The number of amides is 2. The second-order valence-corrected chi connectivity index (χ2v) is 9.86. The van der Waals surface area contributed by atoms with Crippen LogP contribution in [-0.4, -0.2) is 69.3 Å². The van der Waals surface area contributed by atoms with Gasteiger partial charge < -0.3 is 20.1 Å². The Kier molecular flexibility index (Phi) is 9.87. The lowest BCUT2D eigenvalue weighted by atomic mass is 10.0. The summed E-state index contributed by atoms with van der Waals surface area (Å²) in [6.07, 6.45) is 7.39. The molecule has 196 valence electrons. The molecule has 2 aliphatic heterocycles. The molecule has 0 radical (unpaired) electrons. The van der Waals surface area contributed by atoms with Gasteiger partial charge in [0.25, 0.3) is 0 Å². The zero-order valence-electron chi connectivity index (χ0n) is 21.9. The van der Waals surface area contributed by atoms with Crippen molar-refractivity contribution in [3.8, 4) is 11.5 Å². The van der Waals surface area contributed by atoms with Crippen LogP contribution in [0.3, 0.4) is 0 Å². The number of hydrogen-bond donors (Lipinski definition) is 2. The van der Waals surface area contributed by atoms with Gasteiger partial charge in [-0.1, -0.05) is 37.1 Å². The zero-order valence-corrected chi connectivity index (χ0v) is 21.9. The Morgan fingerprint density at radius 3 is 1.36 bits per heavy atom. The van der Waals surface area contributed by atoms with Crippen LogP contribution in [0.1, 0.15) is 61.7 Å². The van der Waals surface area contributed by atoms with Gasteiger partial charge in [-0.15, -0.1) is 0 Å². The molecule has 2 aromatic carbocycles. The van der Waals surface area contributed by atoms with Crippen molar-refractivity contribution in [1.29, 1.82) is 0 Å². The predicted octanol–water partition coefficient (Wildman–Crippen LogP) is 4.76. The maximum absolute atomic E-state index is 13.0. The summed E-state index contributed by atoms with van der Waals surface area (Å²) in [6, 6.07) is 16.7. The first-order valence-corrected chi connectivity index (χ1v) is 13.5. The van der Waals surface area contributed by atoms with Gasteiger partial charge in [0.05, 0.1) is 26.3 Å². The van der Waals surface area contributed by atoms with Crippen LogP contribution in [0.2, 0.25) is 0 Å². The monoisotopic (exact) mass is 494 g/mol. The topological polar surface area (TPSA) is 66.1 Å². The quantitative estimate of drug-likeness (QED) is 0.499. The molecule has 2 unspecified atom stereocenters. The first-order valence-electron chi connectivity index (χ1n) is 13.5. The van der Waals surface area contributed by atoms with E-state index in [1.807, 2.05) is 24.3 Å². The molecule has 2 heterocycles. The molecule has 4 rings (SSSR count). The van der Waals surface area contributed by atoms with Crippen LogP contribution < -0.4 is 20.1 Å². The van der Waals surface area contributed by atoms with Gasteiger partial charge in [0.15, 0.2) is 0 Å². The predicted molar refractivity (Wildman–Crippen MR) is 144 cm³/mol. The minimum absolute atomic E-state index is 0.110. The summed E-state index contributed by atoms with van der Waals surface area (Å²) in [7, 11) is 3.37. The number of urea groups is 1. The Labute approximate surface area is 216 Å². The number of nitrogens with zero attached hydrogens (tertiary/aromatic N) is 2. The van der Waals surface area contributed by atoms with Crippen LogP contribution >= 0.6 is 0 Å². The molecule has 2 saturated heterocycles. The van der Waals surface area contributed by atoms with E-state index in [1.165, 1.54) is 49.7 Å². The molecule has 0 aromatic heterocycles. The van der Waals surface area contributed by atoms with Crippen molar-refractivity contribution < 1.29 is 14.3 Å². The number of likely N-dealkylation sites (tertiary alicyclic amines) is 2. The van der Waals surface area contributed by atoms with Gasteiger partial charge in [-0.05, 0) is 87.3 Å². The molecular weight excluding hydrogens is 452 g/mol. The highest BCUT2D eigenvalue weighted by Gasteiger charge is 2.25. The Balaban J connectivity index is 1.38. The Morgan fingerprint density at radius 2 is 1.03 bits per heavy atom. The molecule has 0 saturated carbocycles. The van der Waals surface area contributed by atoms with Crippen LogP contribution in [0.15, 0.2) is 48.5 Å². The van der Waals surface area contributed by atoms with E-state index in [0.29, 0.717) is 13.1 Å². The van der Waals surface area contributed by atoms with Crippen molar-refractivity contribution >= 4 is 6.03 Å². The van der Waals surface area contributed by atoms with Gasteiger partial charge in [0.1, 0.15) is 11.5 Å². The average Bonchev–Trinajstić information content (AvgIpc) is 2.95. The number of carbonyl (C=O) groups excluding carboxylic acids is 1. The molecule has 2 amide bonds. The molecule has 2 fully saturated rings. The molecule has 36 heavy (non-hydrogen) atoms. The van der Waals surface area contributed by atoms with Gasteiger partial charge in [0.2, 0.25) is 0 Å². The Hall–Kier alpha value is -2.77. The molecule has 2 aromatic rings. The van der Waals surface area contributed by atoms with Crippen LogP contribution in [0, 0.1) is 0 Å². The fourth-order valence-electron chi connectivity index (χ4n) is 5.47. The van der Waals surface area contributed by atoms with Gasteiger partial charge in [0, 0.05) is 13.1 Å². The first-order chi connectivity index (χ1) is 17.7. The third-order valence-electron chi connectivity index (χ3n) is 7.58. The lowest BCUT2D eigenvalue weighted by Gasteiger charge is -2.36. The van der Waals surface area contributed by atoms with E-state index >= 15 is 0 Å². The Morgan fingerprint density at radius 1 is 0.667 bits per heavy atom. The highest BCUT2D eigenvalue weighted by molar-refractivity contribution is 5.74. The highest BCUT2D eigenvalue weighted by atomic mass is 16.5. The smallest absolute Gasteiger partial charge is 0.314 e.